The third kappa shape index (κ3) is 6.17. The van der Waals surface area contributed by atoms with Gasteiger partial charge in [-0.2, -0.15) is 5.26 Å². The Hall–Kier alpha value is -4.65. The summed E-state index contributed by atoms with van der Waals surface area (Å²) >= 11 is 0. The Morgan fingerprint density at radius 3 is 2.69 bits per heavy atom. The highest BCUT2D eigenvalue weighted by atomic mass is 16.6. The molecule has 10 nitrogen and oxygen atoms in total. The van der Waals surface area contributed by atoms with Gasteiger partial charge in [0.2, 0.25) is 0 Å². The van der Waals surface area contributed by atoms with E-state index in [9.17, 15) is 25.0 Å². The largest absolute Gasteiger partial charge is 0.493 e. The fraction of sp³-hybridized carbons (Fsp3) is 0.136. The van der Waals surface area contributed by atoms with Gasteiger partial charge < -0.3 is 19.9 Å². The Labute approximate surface area is 183 Å². The SMILES string of the molecule is C=CCc1cc(/C=C(\C#N)C(=O)Nc2cccc([N+](=O)[O-])c2)cc(OC)c1OCC(=O)O. The standard InChI is InChI=1S/C22H19N3O7/c1-3-5-15-8-14(10-19(31-2)21(15)32-13-20(26)27)9-16(12-23)22(28)24-17-6-4-7-18(11-17)25(29)30/h3-4,6-11H,1,5,13H2,2H3,(H,24,28)(H,26,27)/b16-9+. The predicted octanol–water partition coefficient (Wildman–Crippen LogP) is 3.34. The number of nitriles is 1. The fourth-order valence-corrected chi connectivity index (χ4v) is 2.73. The lowest BCUT2D eigenvalue weighted by Crippen LogP contribution is -2.13. The average Bonchev–Trinajstić information content (AvgIpc) is 2.76. The summed E-state index contributed by atoms with van der Waals surface area (Å²) in [7, 11) is 1.37. The topological polar surface area (TPSA) is 152 Å². The molecule has 0 heterocycles. The third-order valence-corrected chi connectivity index (χ3v) is 4.07. The van der Waals surface area contributed by atoms with Crippen molar-refractivity contribution in [2.75, 3.05) is 19.0 Å². The van der Waals surface area contributed by atoms with Crippen LogP contribution in [0.25, 0.3) is 6.08 Å². The molecule has 2 rings (SSSR count). The number of nitrogens with zero attached hydrogens (tertiary/aromatic N) is 2. The van der Waals surface area contributed by atoms with Crippen LogP contribution in [-0.2, 0) is 16.0 Å². The number of nitrogens with one attached hydrogen (secondary N) is 1. The number of aliphatic carboxylic acids is 1. The maximum absolute atomic E-state index is 12.5. The summed E-state index contributed by atoms with van der Waals surface area (Å²) in [6.45, 7) is 3.08. The van der Waals surface area contributed by atoms with E-state index in [2.05, 4.69) is 11.9 Å². The molecule has 0 aliphatic carbocycles. The summed E-state index contributed by atoms with van der Waals surface area (Å²) in [5.41, 5.74) is 0.659. The number of amides is 1. The lowest BCUT2D eigenvalue weighted by molar-refractivity contribution is -0.384. The van der Waals surface area contributed by atoms with E-state index in [1.54, 1.807) is 18.2 Å². The number of ether oxygens (including phenoxy) is 2. The lowest BCUT2D eigenvalue weighted by Gasteiger charge is -2.15. The number of carbonyl (C=O) groups excluding carboxylic acids is 1. The zero-order chi connectivity index (χ0) is 23.7. The fourth-order valence-electron chi connectivity index (χ4n) is 2.73. The summed E-state index contributed by atoms with van der Waals surface area (Å²) in [5.74, 6) is -1.49. The normalized spacial score (nSPS) is 10.6. The van der Waals surface area contributed by atoms with E-state index in [-0.39, 0.29) is 28.4 Å². The number of rotatable bonds is 10. The molecule has 0 aliphatic rings. The molecule has 0 atom stereocenters. The molecule has 2 N–H and O–H groups in total. The van der Waals surface area contributed by atoms with E-state index in [0.29, 0.717) is 17.5 Å². The van der Waals surface area contributed by atoms with Crippen molar-refractivity contribution in [2.24, 2.45) is 0 Å². The van der Waals surface area contributed by atoms with Crippen molar-refractivity contribution >= 4 is 29.3 Å². The van der Waals surface area contributed by atoms with Gasteiger partial charge in [-0.25, -0.2) is 4.79 Å². The molecule has 2 aromatic carbocycles. The zero-order valence-corrected chi connectivity index (χ0v) is 17.0. The summed E-state index contributed by atoms with van der Waals surface area (Å²) in [6, 6.07) is 10.2. The second kappa shape index (κ2) is 10.9. The molecule has 10 heteroatoms. The van der Waals surface area contributed by atoms with Crippen LogP contribution < -0.4 is 14.8 Å². The number of nitro benzene ring substituents is 1. The van der Waals surface area contributed by atoms with Crippen LogP contribution in [0.2, 0.25) is 0 Å². The number of benzene rings is 2. The van der Waals surface area contributed by atoms with Crippen molar-refractivity contribution in [1.82, 2.24) is 0 Å². The van der Waals surface area contributed by atoms with Gasteiger partial charge in [0.25, 0.3) is 11.6 Å². The van der Waals surface area contributed by atoms with Gasteiger partial charge in [0.1, 0.15) is 11.6 Å². The molecular weight excluding hydrogens is 418 g/mol. The van der Waals surface area contributed by atoms with E-state index in [1.807, 2.05) is 0 Å². The number of hydrogen-bond acceptors (Lipinski definition) is 7. The number of hydrogen-bond donors (Lipinski definition) is 2. The molecule has 0 aromatic heterocycles. The smallest absolute Gasteiger partial charge is 0.341 e. The van der Waals surface area contributed by atoms with Gasteiger partial charge in [0.15, 0.2) is 18.1 Å². The number of non-ortho nitro benzene ring substituents is 1. The second-order valence-corrected chi connectivity index (χ2v) is 6.32. The van der Waals surface area contributed by atoms with E-state index < -0.39 is 23.4 Å². The second-order valence-electron chi connectivity index (χ2n) is 6.32. The van der Waals surface area contributed by atoms with Crippen LogP contribution in [0, 0.1) is 21.4 Å². The third-order valence-electron chi connectivity index (χ3n) is 4.07. The van der Waals surface area contributed by atoms with Crippen LogP contribution in [0.5, 0.6) is 11.5 Å². The van der Waals surface area contributed by atoms with Crippen LogP contribution in [0.15, 0.2) is 54.6 Å². The molecule has 0 saturated carbocycles. The Bertz CT molecular complexity index is 1130. The van der Waals surface area contributed by atoms with Gasteiger partial charge in [-0.3, -0.25) is 14.9 Å². The predicted molar refractivity (Wildman–Crippen MR) is 115 cm³/mol. The highest BCUT2D eigenvalue weighted by Crippen LogP contribution is 2.34. The number of methoxy groups -OCH3 is 1. The number of carbonyl (C=O) groups is 2. The Morgan fingerprint density at radius 1 is 1.34 bits per heavy atom. The van der Waals surface area contributed by atoms with Crippen LogP contribution in [0.1, 0.15) is 11.1 Å². The first-order valence-electron chi connectivity index (χ1n) is 9.13. The minimum atomic E-state index is -1.16. The molecule has 32 heavy (non-hydrogen) atoms. The highest BCUT2D eigenvalue weighted by Gasteiger charge is 2.16. The first-order valence-corrected chi connectivity index (χ1v) is 9.13. The summed E-state index contributed by atoms with van der Waals surface area (Å²) in [5, 5.41) is 31.7. The molecule has 1 amide bonds. The number of nitro groups is 1. The molecule has 0 radical (unpaired) electrons. The maximum atomic E-state index is 12.5. The van der Waals surface area contributed by atoms with Gasteiger partial charge in [-0.05, 0) is 36.3 Å². The van der Waals surface area contributed by atoms with Crippen molar-refractivity contribution in [3.63, 3.8) is 0 Å². The minimum absolute atomic E-state index is 0.160. The molecule has 0 unspecified atom stereocenters. The molecule has 0 bridgehead atoms. The molecule has 0 aliphatic heterocycles. The Kier molecular flexibility index (Phi) is 8.07. The number of carboxylic acids is 1. The molecule has 164 valence electrons. The average molecular weight is 437 g/mol. The van der Waals surface area contributed by atoms with Crippen LogP contribution in [-0.4, -0.2) is 35.6 Å². The maximum Gasteiger partial charge on any atom is 0.341 e. The van der Waals surface area contributed by atoms with Crippen molar-refractivity contribution in [3.8, 4) is 17.6 Å². The minimum Gasteiger partial charge on any atom is -0.493 e. The molecular formula is C22H19N3O7. The highest BCUT2D eigenvalue weighted by molar-refractivity contribution is 6.09. The number of anilines is 1. The van der Waals surface area contributed by atoms with Gasteiger partial charge in [-0.1, -0.05) is 12.1 Å². The van der Waals surface area contributed by atoms with Crippen molar-refractivity contribution in [3.05, 3.63) is 75.9 Å². The van der Waals surface area contributed by atoms with Gasteiger partial charge in [-0.15, -0.1) is 6.58 Å². The number of carboxylic acid groups (broad SMARTS) is 1. The molecule has 2 aromatic rings. The van der Waals surface area contributed by atoms with E-state index in [1.165, 1.54) is 43.5 Å². The Balaban J connectivity index is 2.39. The summed E-state index contributed by atoms with van der Waals surface area (Å²) in [4.78, 5) is 33.7. The zero-order valence-electron chi connectivity index (χ0n) is 17.0. The van der Waals surface area contributed by atoms with E-state index in [0.717, 1.165) is 0 Å². The quantitative estimate of drug-likeness (QED) is 0.189. The van der Waals surface area contributed by atoms with Crippen molar-refractivity contribution < 1.29 is 29.1 Å². The monoisotopic (exact) mass is 437 g/mol. The van der Waals surface area contributed by atoms with Crippen molar-refractivity contribution in [2.45, 2.75) is 6.42 Å². The van der Waals surface area contributed by atoms with Crippen molar-refractivity contribution in [1.29, 1.82) is 5.26 Å². The first-order chi connectivity index (χ1) is 15.3. The lowest BCUT2D eigenvalue weighted by atomic mass is 10.0. The van der Waals surface area contributed by atoms with E-state index >= 15 is 0 Å². The van der Waals surface area contributed by atoms with Gasteiger partial charge in [0.05, 0.1) is 12.0 Å². The van der Waals surface area contributed by atoms with E-state index in [4.69, 9.17) is 14.6 Å². The van der Waals surface area contributed by atoms with Gasteiger partial charge in [0, 0.05) is 23.4 Å². The van der Waals surface area contributed by atoms with Crippen LogP contribution in [0.4, 0.5) is 11.4 Å². The molecule has 0 saturated heterocycles. The van der Waals surface area contributed by atoms with Gasteiger partial charge >= 0.3 is 5.97 Å². The molecule has 0 fully saturated rings. The summed E-state index contributed by atoms with van der Waals surface area (Å²) < 4.78 is 10.6. The number of allylic oxidation sites excluding steroid dienone is 1. The Morgan fingerprint density at radius 2 is 2.09 bits per heavy atom. The summed E-state index contributed by atoms with van der Waals surface area (Å²) in [6.07, 6.45) is 3.20. The van der Waals surface area contributed by atoms with Crippen LogP contribution >= 0.6 is 0 Å². The first kappa shape index (κ1) is 23.6. The molecule has 0 spiro atoms. The van der Waals surface area contributed by atoms with Crippen LogP contribution in [0.3, 0.4) is 0 Å².